The van der Waals surface area contributed by atoms with Gasteiger partial charge in [-0.15, -0.1) is 0 Å². The fourth-order valence-electron chi connectivity index (χ4n) is 3.47. The van der Waals surface area contributed by atoms with Crippen molar-refractivity contribution < 1.29 is 13.6 Å². The third kappa shape index (κ3) is 3.94. The molecule has 1 N–H and O–H groups in total. The van der Waals surface area contributed by atoms with Gasteiger partial charge in [-0.3, -0.25) is 4.79 Å². The van der Waals surface area contributed by atoms with E-state index in [4.69, 9.17) is 0 Å². The number of hydrogen-bond acceptors (Lipinski definition) is 5. The summed E-state index contributed by atoms with van der Waals surface area (Å²) in [7, 11) is 0. The maximum atomic E-state index is 14.1. The van der Waals surface area contributed by atoms with E-state index in [9.17, 15) is 13.6 Å². The molecular weight excluding hydrogens is 378 g/mol. The fourth-order valence-corrected chi connectivity index (χ4v) is 3.47. The molecule has 150 valence electrons. The van der Waals surface area contributed by atoms with Gasteiger partial charge in [0.1, 0.15) is 11.5 Å². The summed E-state index contributed by atoms with van der Waals surface area (Å²) in [5.41, 5.74) is 0.949. The molecule has 9 heteroatoms. The first-order valence-electron chi connectivity index (χ1n) is 9.36. The SMILES string of the molecule is Cc1c(C(=O)NC2CCN(c3ncccn3)CC2)cnn1-c1ccc(F)cc1F. The van der Waals surface area contributed by atoms with Crippen molar-refractivity contribution in [1.82, 2.24) is 25.1 Å². The molecule has 1 saturated heterocycles. The van der Waals surface area contributed by atoms with E-state index >= 15 is 0 Å². The minimum atomic E-state index is -0.737. The Morgan fingerprint density at radius 1 is 1.17 bits per heavy atom. The van der Waals surface area contributed by atoms with E-state index in [0.717, 1.165) is 38.1 Å². The fraction of sp³-hybridized carbons (Fsp3) is 0.300. The summed E-state index contributed by atoms with van der Waals surface area (Å²) in [6, 6.07) is 5.04. The number of hydrogen-bond donors (Lipinski definition) is 1. The molecule has 3 heterocycles. The van der Waals surface area contributed by atoms with Gasteiger partial charge in [0, 0.05) is 37.6 Å². The maximum Gasteiger partial charge on any atom is 0.254 e. The molecule has 1 aliphatic rings. The Hall–Kier alpha value is -3.36. The van der Waals surface area contributed by atoms with Gasteiger partial charge in [-0.25, -0.2) is 23.4 Å². The van der Waals surface area contributed by atoms with E-state index in [-0.39, 0.29) is 17.6 Å². The van der Waals surface area contributed by atoms with Gasteiger partial charge in [-0.2, -0.15) is 5.10 Å². The average molecular weight is 398 g/mol. The van der Waals surface area contributed by atoms with Gasteiger partial charge < -0.3 is 10.2 Å². The van der Waals surface area contributed by atoms with Crippen molar-refractivity contribution in [2.45, 2.75) is 25.8 Å². The minimum Gasteiger partial charge on any atom is -0.349 e. The van der Waals surface area contributed by atoms with Crippen molar-refractivity contribution >= 4 is 11.9 Å². The normalized spacial score (nSPS) is 14.8. The van der Waals surface area contributed by atoms with E-state index in [2.05, 4.69) is 25.3 Å². The smallest absolute Gasteiger partial charge is 0.254 e. The summed E-state index contributed by atoms with van der Waals surface area (Å²) in [6.45, 7) is 3.17. The summed E-state index contributed by atoms with van der Waals surface area (Å²) in [5, 5.41) is 7.13. The number of amides is 1. The number of aromatic nitrogens is 4. The Balaban J connectivity index is 1.41. The summed E-state index contributed by atoms with van der Waals surface area (Å²) in [4.78, 5) is 23.3. The highest BCUT2D eigenvalue weighted by Crippen LogP contribution is 2.20. The van der Waals surface area contributed by atoms with Crippen molar-refractivity contribution in [2.75, 3.05) is 18.0 Å². The lowest BCUT2D eigenvalue weighted by Crippen LogP contribution is -2.45. The van der Waals surface area contributed by atoms with Crippen LogP contribution in [0.1, 0.15) is 28.9 Å². The number of carbonyl (C=O) groups excluding carboxylic acids is 1. The quantitative estimate of drug-likeness (QED) is 0.731. The molecule has 29 heavy (non-hydrogen) atoms. The third-order valence-electron chi connectivity index (χ3n) is 5.06. The Morgan fingerprint density at radius 3 is 2.59 bits per heavy atom. The Morgan fingerprint density at radius 2 is 1.90 bits per heavy atom. The zero-order chi connectivity index (χ0) is 20.4. The zero-order valence-electron chi connectivity index (χ0n) is 15.8. The van der Waals surface area contributed by atoms with Crippen molar-refractivity contribution in [1.29, 1.82) is 0 Å². The topological polar surface area (TPSA) is 75.9 Å². The highest BCUT2D eigenvalue weighted by molar-refractivity contribution is 5.95. The van der Waals surface area contributed by atoms with Crippen molar-refractivity contribution in [3.63, 3.8) is 0 Å². The second-order valence-corrected chi connectivity index (χ2v) is 6.93. The van der Waals surface area contributed by atoms with Gasteiger partial charge in [-0.05, 0) is 38.0 Å². The molecule has 1 amide bonds. The Labute approximate surface area is 166 Å². The Bertz CT molecular complexity index is 1020. The molecule has 0 radical (unpaired) electrons. The molecule has 7 nitrogen and oxygen atoms in total. The van der Waals surface area contributed by atoms with Crippen LogP contribution in [0.4, 0.5) is 14.7 Å². The second-order valence-electron chi connectivity index (χ2n) is 6.93. The van der Waals surface area contributed by atoms with Crippen LogP contribution in [0.2, 0.25) is 0 Å². The van der Waals surface area contributed by atoms with Crippen molar-refractivity contribution in [3.05, 3.63) is 65.7 Å². The maximum absolute atomic E-state index is 14.1. The molecule has 1 aromatic carbocycles. The number of piperidine rings is 1. The van der Waals surface area contributed by atoms with Gasteiger partial charge in [0.2, 0.25) is 5.95 Å². The Kier molecular flexibility index (Phi) is 5.20. The van der Waals surface area contributed by atoms with E-state index in [1.165, 1.54) is 16.9 Å². The van der Waals surface area contributed by atoms with Crippen LogP contribution < -0.4 is 10.2 Å². The predicted octanol–water partition coefficient (Wildman–Crippen LogP) is 2.65. The number of benzene rings is 1. The number of nitrogens with one attached hydrogen (secondary N) is 1. The van der Waals surface area contributed by atoms with Crippen LogP contribution in [-0.4, -0.2) is 44.8 Å². The molecule has 0 saturated carbocycles. The van der Waals surface area contributed by atoms with Gasteiger partial charge in [0.15, 0.2) is 5.82 Å². The number of anilines is 1. The molecule has 3 aromatic rings. The third-order valence-corrected chi connectivity index (χ3v) is 5.06. The monoisotopic (exact) mass is 398 g/mol. The van der Waals surface area contributed by atoms with E-state index in [0.29, 0.717) is 17.2 Å². The van der Waals surface area contributed by atoms with Crippen LogP contribution in [0, 0.1) is 18.6 Å². The standard InChI is InChI=1S/C20H20F2N6O/c1-13-16(12-25-28(13)18-4-3-14(21)11-17(18)22)19(29)26-15-5-9-27(10-6-15)20-23-7-2-8-24-20/h2-4,7-8,11-12,15H,5-6,9-10H2,1H3,(H,26,29). The number of carbonyl (C=O) groups is 1. The van der Waals surface area contributed by atoms with Crippen LogP contribution in [-0.2, 0) is 0 Å². The highest BCUT2D eigenvalue weighted by Gasteiger charge is 2.24. The molecule has 2 aromatic heterocycles. The van der Waals surface area contributed by atoms with Crippen LogP contribution in [0.15, 0.2) is 42.9 Å². The minimum absolute atomic E-state index is 0.0211. The molecular formula is C20H20F2N6O. The number of nitrogens with zero attached hydrogens (tertiary/aromatic N) is 5. The van der Waals surface area contributed by atoms with Gasteiger partial charge in [0.05, 0.1) is 17.5 Å². The first-order chi connectivity index (χ1) is 14.0. The van der Waals surface area contributed by atoms with E-state index in [1.54, 1.807) is 25.4 Å². The van der Waals surface area contributed by atoms with E-state index in [1.807, 2.05) is 0 Å². The zero-order valence-corrected chi connectivity index (χ0v) is 15.8. The van der Waals surface area contributed by atoms with Gasteiger partial charge in [-0.1, -0.05) is 0 Å². The van der Waals surface area contributed by atoms with Crippen LogP contribution in [0.3, 0.4) is 0 Å². The lowest BCUT2D eigenvalue weighted by atomic mass is 10.0. The van der Waals surface area contributed by atoms with Crippen LogP contribution >= 0.6 is 0 Å². The predicted molar refractivity (Wildman–Crippen MR) is 103 cm³/mol. The summed E-state index contributed by atoms with van der Waals surface area (Å²) in [6.07, 6.45) is 6.36. The molecule has 0 unspecified atom stereocenters. The summed E-state index contributed by atoms with van der Waals surface area (Å²) in [5.74, 6) is -0.971. The van der Waals surface area contributed by atoms with Crippen molar-refractivity contribution in [3.8, 4) is 5.69 Å². The highest BCUT2D eigenvalue weighted by atomic mass is 19.1. The molecule has 1 aliphatic heterocycles. The lowest BCUT2D eigenvalue weighted by molar-refractivity contribution is 0.0930. The van der Waals surface area contributed by atoms with Crippen molar-refractivity contribution in [2.24, 2.45) is 0 Å². The number of rotatable bonds is 4. The van der Waals surface area contributed by atoms with E-state index < -0.39 is 11.6 Å². The first-order valence-corrected chi connectivity index (χ1v) is 9.36. The first kappa shape index (κ1) is 19.0. The summed E-state index contributed by atoms with van der Waals surface area (Å²) >= 11 is 0. The molecule has 0 spiro atoms. The largest absolute Gasteiger partial charge is 0.349 e. The molecule has 4 rings (SSSR count). The molecule has 0 atom stereocenters. The number of halogens is 2. The average Bonchev–Trinajstić information content (AvgIpc) is 3.10. The molecule has 0 aliphatic carbocycles. The molecule has 0 bridgehead atoms. The summed E-state index contributed by atoms with van der Waals surface area (Å²) < 4.78 is 28.5. The van der Waals surface area contributed by atoms with Gasteiger partial charge >= 0.3 is 0 Å². The van der Waals surface area contributed by atoms with Crippen LogP contribution in [0.5, 0.6) is 0 Å². The van der Waals surface area contributed by atoms with Crippen LogP contribution in [0.25, 0.3) is 5.69 Å². The molecule has 1 fully saturated rings. The van der Waals surface area contributed by atoms with Gasteiger partial charge in [0.25, 0.3) is 5.91 Å². The lowest BCUT2D eigenvalue weighted by Gasteiger charge is -2.32. The second kappa shape index (κ2) is 7.94.